The van der Waals surface area contributed by atoms with Crippen molar-refractivity contribution < 1.29 is 5.11 Å². The Morgan fingerprint density at radius 1 is 1.43 bits per heavy atom. The van der Waals surface area contributed by atoms with Gasteiger partial charge in [0.2, 0.25) is 0 Å². The van der Waals surface area contributed by atoms with E-state index in [4.69, 9.17) is 0 Å². The minimum Gasteiger partial charge on any atom is -0.390 e. The molecule has 0 bridgehead atoms. The molecule has 1 rings (SSSR count). The van der Waals surface area contributed by atoms with Crippen LogP contribution in [0.5, 0.6) is 0 Å². The number of hydrogen-bond donors (Lipinski definition) is 1. The first-order valence-electron chi connectivity index (χ1n) is 6.20. The van der Waals surface area contributed by atoms with Gasteiger partial charge in [0.15, 0.2) is 0 Å². The largest absolute Gasteiger partial charge is 0.390 e. The molecule has 1 aliphatic carbocycles. The third kappa shape index (κ3) is 2.73. The summed E-state index contributed by atoms with van der Waals surface area (Å²) in [5, 5.41) is 10.6. The maximum absolute atomic E-state index is 10.6. The molecule has 1 N–H and O–H groups in total. The average molecular weight is 198 g/mol. The van der Waals surface area contributed by atoms with Crippen LogP contribution in [0.4, 0.5) is 0 Å². The highest BCUT2D eigenvalue weighted by molar-refractivity contribution is 4.90. The Morgan fingerprint density at radius 3 is 2.57 bits per heavy atom. The third-order valence-electron chi connectivity index (χ3n) is 4.14. The van der Waals surface area contributed by atoms with Gasteiger partial charge in [-0.2, -0.15) is 0 Å². The van der Waals surface area contributed by atoms with E-state index in [2.05, 4.69) is 27.7 Å². The molecular weight excluding hydrogens is 172 g/mol. The molecule has 0 aliphatic heterocycles. The third-order valence-corrected chi connectivity index (χ3v) is 4.14. The van der Waals surface area contributed by atoms with Crippen LogP contribution in [0.1, 0.15) is 59.8 Å². The van der Waals surface area contributed by atoms with Crippen molar-refractivity contribution in [2.45, 2.75) is 65.4 Å². The van der Waals surface area contributed by atoms with E-state index in [1.165, 1.54) is 19.3 Å². The molecule has 4 atom stereocenters. The molecule has 0 amide bonds. The lowest BCUT2D eigenvalue weighted by Gasteiger charge is -2.42. The van der Waals surface area contributed by atoms with Crippen molar-refractivity contribution in [3.63, 3.8) is 0 Å². The average Bonchev–Trinajstić information content (AvgIpc) is 2.12. The van der Waals surface area contributed by atoms with Gasteiger partial charge in [0.05, 0.1) is 5.60 Å². The molecule has 14 heavy (non-hydrogen) atoms. The number of rotatable bonds is 3. The smallest absolute Gasteiger partial charge is 0.0675 e. The zero-order valence-electron chi connectivity index (χ0n) is 10.2. The van der Waals surface area contributed by atoms with E-state index in [0.29, 0.717) is 11.8 Å². The van der Waals surface area contributed by atoms with E-state index in [-0.39, 0.29) is 5.60 Å². The summed E-state index contributed by atoms with van der Waals surface area (Å²) in [6.45, 7) is 8.99. The lowest BCUT2D eigenvalue weighted by atomic mass is 9.69. The second-order valence-electron chi connectivity index (χ2n) is 5.60. The first-order chi connectivity index (χ1) is 6.48. The van der Waals surface area contributed by atoms with Gasteiger partial charge in [-0.05, 0) is 43.4 Å². The Hall–Kier alpha value is -0.0400. The summed E-state index contributed by atoms with van der Waals surface area (Å²) in [5.41, 5.74) is -0.359. The van der Waals surface area contributed by atoms with Gasteiger partial charge in [0.1, 0.15) is 0 Å². The minimum atomic E-state index is -0.359. The fourth-order valence-electron chi connectivity index (χ4n) is 2.73. The molecule has 1 nitrogen and oxygen atoms in total. The van der Waals surface area contributed by atoms with Gasteiger partial charge in [0, 0.05) is 0 Å². The van der Waals surface area contributed by atoms with E-state index in [9.17, 15) is 5.11 Å². The van der Waals surface area contributed by atoms with Crippen molar-refractivity contribution in [2.75, 3.05) is 0 Å². The molecule has 1 fully saturated rings. The van der Waals surface area contributed by atoms with Crippen LogP contribution in [0.15, 0.2) is 0 Å². The molecule has 1 heteroatoms. The maximum atomic E-state index is 10.6. The van der Waals surface area contributed by atoms with Gasteiger partial charge in [-0.1, -0.05) is 34.1 Å². The minimum absolute atomic E-state index is 0.359. The highest BCUT2D eigenvalue weighted by Gasteiger charge is 2.38. The molecule has 1 aliphatic rings. The fourth-order valence-corrected chi connectivity index (χ4v) is 2.73. The normalized spacial score (nSPS) is 40.9. The number of hydrogen-bond acceptors (Lipinski definition) is 1. The molecule has 0 radical (unpaired) electrons. The predicted octanol–water partition coefficient (Wildman–Crippen LogP) is 3.61. The molecule has 0 heterocycles. The van der Waals surface area contributed by atoms with Crippen LogP contribution >= 0.6 is 0 Å². The summed E-state index contributed by atoms with van der Waals surface area (Å²) >= 11 is 0. The van der Waals surface area contributed by atoms with Crippen molar-refractivity contribution in [3.8, 4) is 0 Å². The van der Waals surface area contributed by atoms with Gasteiger partial charge in [-0.3, -0.25) is 0 Å². The van der Waals surface area contributed by atoms with Crippen molar-refractivity contribution in [2.24, 2.45) is 17.8 Å². The SMILES string of the molecule is CCC(C)CC1(O)CCC(C)CC1C. The van der Waals surface area contributed by atoms with Gasteiger partial charge in [-0.25, -0.2) is 0 Å². The highest BCUT2D eigenvalue weighted by Crippen LogP contribution is 2.40. The second-order valence-corrected chi connectivity index (χ2v) is 5.60. The molecule has 0 aromatic heterocycles. The predicted molar refractivity (Wildman–Crippen MR) is 61.2 cm³/mol. The Bertz CT molecular complexity index is 178. The molecule has 0 saturated heterocycles. The summed E-state index contributed by atoms with van der Waals surface area (Å²) in [5.74, 6) is 1.96. The Labute approximate surface area is 88.9 Å². The van der Waals surface area contributed by atoms with Gasteiger partial charge in [-0.15, -0.1) is 0 Å². The van der Waals surface area contributed by atoms with Crippen molar-refractivity contribution in [1.29, 1.82) is 0 Å². The van der Waals surface area contributed by atoms with Crippen molar-refractivity contribution >= 4 is 0 Å². The summed E-state index contributed by atoms with van der Waals surface area (Å²) in [6.07, 6.45) is 5.60. The summed E-state index contributed by atoms with van der Waals surface area (Å²) < 4.78 is 0. The van der Waals surface area contributed by atoms with Gasteiger partial charge >= 0.3 is 0 Å². The highest BCUT2D eigenvalue weighted by atomic mass is 16.3. The fraction of sp³-hybridized carbons (Fsp3) is 1.00. The van der Waals surface area contributed by atoms with E-state index in [0.717, 1.165) is 18.8 Å². The number of aliphatic hydroxyl groups is 1. The van der Waals surface area contributed by atoms with Crippen LogP contribution in [0, 0.1) is 17.8 Å². The van der Waals surface area contributed by atoms with Gasteiger partial charge in [0.25, 0.3) is 0 Å². The van der Waals surface area contributed by atoms with E-state index >= 15 is 0 Å². The molecule has 0 aromatic carbocycles. The maximum Gasteiger partial charge on any atom is 0.0675 e. The van der Waals surface area contributed by atoms with Crippen LogP contribution < -0.4 is 0 Å². The quantitative estimate of drug-likeness (QED) is 0.734. The first-order valence-corrected chi connectivity index (χ1v) is 6.20. The van der Waals surface area contributed by atoms with E-state index in [1.807, 2.05) is 0 Å². The Morgan fingerprint density at radius 2 is 2.07 bits per heavy atom. The first kappa shape index (κ1) is 12.0. The lowest BCUT2D eigenvalue weighted by molar-refractivity contribution is -0.0689. The van der Waals surface area contributed by atoms with E-state index < -0.39 is 0 Å². The zero-order valence-corrected chi connectivity index (χ0v) is 10.2. The second kappa shape index (κ2) is 4.65. The van der Waals surface area contributed by atoms with Gasteiger partial charge < -0.3 is 5.11 Å². The summed E-state index contributed by atoms with van der Waals surface area (Å²) in [6, 6.07) is 0. The summed E-state index contributed by atoms with van der Waals surface area (Å²) in [7, 11) is 0. The van der Waals surface area contributed by atoms with Crippen LogP contribution in [0.25, 0.3) is 0 Å². The van der Waals surface area contributed by atoms with Crippen LogP contribution in [-0.2, 0) is 0 Å². The lowest BCUT2D eigenvalue weighted by Crippen LogP contribution is -2.42. The Kier molecular flexibility index (Phi) is 4.00. The van der Waals surface area contributed by atoms with Crippen molar-refractivity contribution in [3.05, 3.63) is 0 Å². The molecule has 4 unspecified atom stereocenters. The Balaban J connectivity index is 2.55. The van der Waals surface area contributed by atoms with Crippen LogP contribution in [0.2, 0.25) is 0 Å². The van der Waals surface area contributed by atoms with Crippen LogP contribution in [-0.4, -0.2) is 10.7 Å². The molecule has 0 spiro atoms. The summed E-state index contributed by atoms with van der Waals surface area (Å²) in [4.78, 5) is 0. The molecule has 1 saturated carbocycles. The zero-order chi connectivity index (χ0) is 10.8. The monoisotopic (exact) mass is 198 g/mol. The van der Waals surface area contributed by atoms with Crippen molar-refractivity contribution in [1.82, 2.24) is 0 Å². The topological polar surface area (TPSA) is 20.2 Å². The standard InChI is InChI=1S/C13H26O/c1-5-10(2)9-13(14)7-6-11(3)8-12(13)4/h10-12,14H,5-9H2,1-4H3. The van der Waals surface area contributed by atoms with Crippen LogP contribution in [0.3, 0.4) is 0 Å². The van der Waals surface area contributed by atoms with E-state index in [1.54, 1.807) is 0 Å². The molecule has 84 valence electrons. The molecule has 0 aromatic rings. The molecular formula is C13H26O.